The summed E-state index contributed by atoms with van der Waals surface area (Å²) in [5.41, 5.74) is 6.43. The van der Waals surface area contributed by atoms with Crippen LogP contribution in [0.15, 0.2) is 22.7 Å². The quantitative estimate of drug-likeness (QED) is 0.662. The van der Waals surface area contributed by atoms with E-state index in [0.717, 1.165) is 28.3 Å². The number of anilines is 1. The average Bonchev–Trinajstić information content (AvgIpc) is 2.19. The van der Waals surface area contributed by atoms with E-state index in [0.29, 0.717) is 5.69 Å². The molecule has 0 aliphatic heterocycles. The van der Waals surface area contributed by atoms with E-state index in [1.807, 2.05) is 30.0 Å². The van der Waals surface area contributed by atoms with Gasteiger partial charge in [0.1, 0.15) is 5.75 Å². The molecule has 0 saturated carbocycles. The minimum Gasteiger partial charge on any atom is -0.491 e. The van der Waals surface area contributed by atoms with Gasteiger partial charge < -0.3 is 10.5 Å². The molecule has 4 heteroatoms. The normalized spacial score (nSPS) is 10.1. The van der Waals surface area contributed by atoms with E-state index in [2.05, 4.69) is 22.9 Å². The van der Waals surface area contributed by atoms with Gasteiger partial charge in [-0.3, -0.25) is 0 Å². The molecule has 0 heterocycles. The Hall–Kier alpha value is -0.350. The zero-order chi connectivity index (χ0) is 10.4. The standard InChI is InChI=1S/C10H14BrNOS/c1-2-14-7-6-13-9-5-3-4-8(12)10(9)11/h3-5H,2,6-7,12H2,1H3. The van der Waals surface area contributed by atoms with Gasteiger partial charge in [-0.15, -0.1) is 0 Å². The van der Waals surface area contributed by atoms with E-state index >= 15 is 0 Å². The van der Waals surface area contributed by atoms with Crippen LogP contribution in [0, 0.1) is 0 Å². The van der Waals surface area contributed by atoms with Crippen molar-refractivity contribution in [3.05, 3.63) is 22.7 Å². The summed E-state index contributed by atoms with van der Waals surface area (Å²) in [6.45, 7) is 2.86. The lowest BCUT2D eigenvalue weighted by atomic mass is 10.3. The van der Waals surface area contributed by atoms with Crippen LogP contribution in [0.25, 0.3) is 0 Å². The second-order valence-corrected chi connectivity index (χ2v) is 4.89. The molecule has 0 bridgehead atoms. The van der Waals surface area contributed by atoms with Gasteiger partial charge in [-0.2, -0.15) is 11.8 Å². The molecule has 0 saturated heterocycles. The molecule has 2 nitrogen and oxygen atoms in total. The summed E-state index contributed by atoms with van der Waals surface area (Å²) < 4.78 is 6.42. The van der Waals surface area contributed by atoms with Gasteiger partial charge in [-0.1, -0.05) is 13.0 Å². The van der Waals surface area contributed by atoms with Crippen LogP contribution in [-0.4, -0.2) is 18.1 Å². The molecule has 0 unspecified atom stereocenters. The molecule has 0 atom stereocenters. The van der Waals surface area contributed by atoms with Crippen LogP contribution in [0.1, 0.15) is 6.92 Å². The molecule has 1 aromatic carbocycles. The number of ether oxygens (including phenoxy) is 1. The summed E-state index contributed by atoms with van der Waals surface area (Å²) in [6.07, 6.45) is 0. The van der Waals surface area contributed by atoms with Crippen molar-refractivity contribution in [2.24, 2.45) is 0 Å². The highest BCUT2D eigenvalue weighted by Gasteiger charge is 2.02. The van der Waals surface area contributed by atoms with Gasteiger partial charge in [0.25, 0.3) is 0 Å². The topological polar surface area (TPSA) is 35.2 Å². The van der Waals surface area contributed by atoms with Gasteiger partial charge in [0.05, 0.1) is 11.1 Å². The lowest BCUT2D eigenvalue weighted by Gasteiger charge is -2.08. The van der Waals surface area contributed by atoms with Crippen molar-refractivity contribution >= 4 is 33.4 Å². The average molecular weight is 276 g/mol. The monoisotopic (exact) mass is 275 g/mol. The van der Waals surface area contributed by atoms with Gasteiger partial charge in [-0.05, 0) is 33.8 Å². The van der Waals surface area contributed by atoms with E-state index in [4.69, 9.17) is 10.5 Å². The third-order valence-electron chi connectivity index (χ3n) is 1.68. The highest BCUT2D eigenvalue weighted by atomic mass is 79.9. The van der Waals surface area contributed by atoms with Gasteiger partial charge >= 0.3 is 0 Å². The summed E-state index contributed by atoms with van der Waals surface area (Å²) in [7, 11) is 0. The maximum absolute atomic E-state index is 5.72. The first-order valence-corrected chi connectivity index (χ1v) is 6.45. The van der Waals surface area contributed by atoms with Crippen LogP contribution in [0.3, 0.4) is 0 Å². The Morgan fingerprint density at radius 1 is 1.50 bits per heavy atom. The van der Waals surface area contributed by atoms with Crippen LogP contribution >= 0.6 is 27.7 Å². The second-order valence-electron chi connectivity index (χ2n) is 2.70. The Morgan fingerprint density at radius 3 is 3.00 bits per heavy atom. The molecule has 0 aliphatic rings. The van der Waals surface area contributed by atoms with Crippen LogP contribution in [0.4, 0.5) is 5.69 Å². The first-order valence-electron chi connectivity index (χ1n) is 4.50. The predicted molar refractivity (Wildman–Crippen MR) is 67.0 cm³/mol. The Labute approximate surface area is 97.3 Å². The Bertz CT molecular complexity index is 293. The number of hydrogen-bond acceptors (Lipinski definition) is 3. The maximum atomic E-state index is 5.72. The number of nitrogens with two attached hydrogens (primary N) is 1. The van der Waals surface area contributed by atoms with E-state index in [1.165, 1.54) is 0 Å². The predicted octanol–water partition coefficient (Wildman–Crippen LogP) is 3.16. The van der Waals surface area contributed by atoms with Crippen molar-refractivity contribution in [2.75, 3.05) is 23.8 Å². The fraction of sp³-hybridized carbons (Fsp3) is 0.400. The second kappa shape index (κ2) is 6.19. The van der Waals surface area contributed by atoms with Crippen molar-refractivity contribution in [2.45, 2.75) is 6.92 Å². The van der Waals surface area contributed by atoms with Gasteiger partial charge in [0, 0.05) is 11.4 Å². The minimum atomic E-state index is 0.714. The maximum Gasteiger partial charge on any atom is 0.135 e. The van der Waals surface area contributed by atoms with Crippen molar-refractivity contribution in [1.82, 2.24) is 0 Å². The third kappa shape index (κ3) is 3.42. The van der Waals surface area contributed by atoms with Gasteiger partial charge in [-0.25, -0.2) is 0 Å². The van der Waals surface area contributed by atoms with Gasteiger partial charge in [0.15, 0.2) is 0 Å². The van der Waals surface area contributed by atoms with E-state index in [9.17, 15) is 0 Å². The molecule has 1 rings (SSSR count). The SMILES string of the molecule is CCSCCOc1cccc(N)c1Br. The number of thioether (sulfide) groups is 1. The number of nitrogen functional groups attached to an aromatic ring is 1. The lowest BCUT2D eigenvalue weighted by Crippen LogP contribution is -2.01. The van der Waals surface area contributed by atoms with E-state index in [1.54, 1.807) is 0 Å². The first kappa shape index (κ1) is 11.7. The van der Waals surface area contributed by atoms with Crippen LogP contribution in [0.5, 0.6) is 5.75 Å². The fourth-order valence-corrected chi connectivity index (χ4v) is 1.86. The Morgan fingerprint density at radius 2 is 2.29 bits per heavy atom. The molecule has 78 valence electrons. The summed E-state index contributed by atoms with van der Waals surface area (Å²) >= 11 is 5.26. The molecule has 0 amide bonds. The Balaban J connectivity index is 2.46. The van der Waals surface area contributed by atoms with Crippen molar-refractivity contribution < 1.29 is 4.74 Å². The zero-order valence-corrected chi connectivity index (χ0v) is 10.5. The number of halogens is 1. The smallest absolute Gasteiger partial charge is 0.135 e. The molecular formula is C10H14BrNOS. The van der Waals surface area contributed by atoms with Crippen LogP contribution in [-0.2, 0) is 0 Å². The molecule has 0 fully saturated rings. The van der Waals surface area contributed by atoms with Crippen molar-refractivity contribution in [1.29, 1.82) is 0 Å². The Kier molecular flexibility index (Phi) is 5.19. The summed E-state index contributed by atoms with van der Waals surface area (Å²) in [5, 5.41) is 0. The molecule has 14 heavy (non-hydrogen) atoms. The molecular weight excluding hydrogens is 262 g/mol. The zero-order valence-electron chi connectivity index (χ0n) is 8.13. The van der Waals surface area contributed by atoms with E-state index in [-0.39, 0.29) is 0 Å². The molecule has 2 N–H and O–H groups in total. The van der Waals surface area contributed by atoms with Crippen molar-refractivity contribution in [3.63, 3.8) is 0 Å². The highest BCUT2D eigenvalue weighted by Crippen LogP contribution is 2.30. The van der Waals surface area contributed by atoms with Gasteiger partial charge in [0.2, 0.25) is 0 Å². The first-order chi connectivity index (χ1) is 6.75. The number of benzene rings is 1. The molecule has 0 radical (unpaired) electrons. The number of rotatable bonds is 5. The molecule has 0 aromatic heterocycles. The third-order valence-corrected chi connectivity index (χ3v) is 3.39. The molecule has 0 spiro atoms. The lowest BCUT2D eigenvalue weighted by molar-refractivity contribution is 0.342. The molecule has 0 aliphatic carbocycles. The van der Waals surface area contributed by atoms with Crippen molar-refractivity contribution in [3.8, 4) is 5.75 Å². The van der Waals surface area contributed by atoms with Crippen LogP contribution in [0.2, 0.25) is 0 Å². The minimum absolute atomic E-state index is 0.714. The largest absolute Gasteiger partial charge is 0.491 e. The van der Waals surface area contributed by atoms with E-state index < -0.39 is 0 Å². The highest BCUT2D eigenvalue weighted by molar-refractivity contribution is 9.10. The summed E-state index contributed by atoms with van der Waals surface area (Å²) in [6, 6.07) is 5.65. The van der Waals surface area contributed by atoms with Crippen LogP contribution < -0.4 is 10.5 Å². The molecule has 1 aromatic rings. The number of hydrogen-bond donors (Lipinski definition) is 1. The summed E-state index contributed by atoms with van der Waals surface area (Å²) in [5.74, 6) is 2.96. The summed E-state index contributed by atoms with van der Waals surface area (Å²) in [4.78, 5) is 0. The fourth-order valence-electron chi connectivity index (χ4n) is 0.994.